The summed E-state index contributed by atoms with van der Waals surface area (Å²) in [7, 11) is -4.02. The van der Waals surface area contributed by atoms with Crippen LogP contribution in [-0.2, 0) is 28.9 Å². The van der Waals surface area contributed by atoms with E-state index in [1.165, 1.54) is 12.1 Å². The fourth-order valence-corrected chi connectivity index (χ4v) is 6.11. The molecular formula is C22H24O6S. The minimum absolute atomic E-state index is 0.0266. The van der Waals surface area contributed by atoms with Gasteiger partial charge in [-0.2, -0.15) is 0 Å². The SMILES string of the molecule is CCOC(=O)C1(C(=O)OCC)[C@@H](c2ccccc2)[C@@H]1S(=O)(=O)c1ccc(C)cc1. The summed E-state index contributed by atoms with van der Waals surface area (Å²) in [5.41, 5.74) is -0.437. The van der Waals surface area contributed by atoms with Crippen LogP contribution in [0.5, 0.6) is 0 Å². The summed E-state index contributed by atoms with van der Waals surface area (Å²) in [6.45, 7) is 5.12. The van der Waals surface area contributed by atoms with Gasteiger partial charge in [-0.3, -0.25) is 9.59 Å². The molecule has 154 valence electrons. The van der Waals surface area contributed by atoms with Crippen LogP contribution >= 0.6 is 0 Å². The van der Waals surface area contributed by atoms with E-state index >= 15 is 0 Å². The zero-order chi connectivity index (χ0) is 21.2. The molecule has 1 saturated carbocycles. The van der Waals surface area contributed by atoms with Crippen LogP contribution in [0.15, 0.2) is 59.5 Å². The van der Waals surface area contributed by atoms with Crippen LogP contribution in [-0.4, -0.2) is 38.8 Å². The molecule has 0 spiro atoms. The van der Waals surface area contributed by atoms with Gasteiger partial charge in [-0.05, 0) is 38.5 Å². The van der Waals surface area contributed by atoms with Crippen molar-refractivity contribution in [2.75, 3.05) is 13.2 Å². The zero-order valence-electron chi connectivity index (χ0n) is 16.6. The van der Waals surface area contributed by atoms with E-state index in [9.17, 15) is 18.0 Å². The number of benzene rings is 2. The number of esters is 2. The first-order valence-corrected chi connectivity index (χ1v) is 11.1. The Morgan fingerprint density at radius 1 is 0.897 bits per heavy atom. The highest BCUT2D eigenvalue weighted by Gasteiger charge is 2.81. The number of hydrogen-bond donors (Lipinski definition) is 0. The number of rotatable bonds is 7. The molecule has 2 atom stereocenters. The summed E-state index contributed by atoms with van der Waals surface area (Å²) >= 11 is 0. The van der Waals surface area contributed by atoms with Crippen molar-refractivity contribution >= 4 is 21.8 Å². The number of carbonyl (C=O) groups excluding carboxylic acids is 2. The molecule has 29 heavy (non-hydrogen) atoms. The van der Waals surface area contributed by atoms with Crippen LogP contribution in [0.4, 0.5) is 0 Å². The van der Waals surface area contributed by atoms with Gasteiger partial charge >= 0.3 is 11.9 Å². The van der Waals surface area contributed by atoms with Crippen molar-refractivity contribution in [3.8, 4) is 0 Å². The Bertz CT molecular complexity index is 977. The lowest BCUT2D eigenvalue weighted by Gasteiger charge is -2.15. The van der Waals surface area contributed by atoms with Crippen molar-refractivity contribution in [2.45, 2.75) is 36.8 Å². The van der Waals surface area contributed by atoms with E-state index in [1.807, 2.05) is 6.92 Å². The van der Waals surface area contributed by atoms with E-state index < -0.39 is 38.4 Å². The first-order valence-electron chi connectivity index (χ1n) is 9.51. The Balaban J connectivity index is 2.18. The molecule has 0 amide bonds. The number of sulfone groups is 1. The maximum atomic E-state index is 13.5. The molecule has 0 radical (unpaired) electrons. The molecule has 1 fully saturated rings. The van der Waals surface area contributed by atoms with E-state index in [4.69, 9.17) is 9.47 Å². The van der Waals surface area contributed by atoms with Crippen molar-refractivity contribution < 1.29 is 27.5 Å². The largest absolute Gasteiger partial charge is 0.465 e. The van der Waals surface area contributed by atoms with Gasteiger partial charge in [-0.15, -0.1) is 0 Å². The van der Waals surface area contributed by atoms with Crippen LogP contribution in [0.2, 0.25) is 0 Å². The summed E-state index contributed by atoms with van der Waals surface area (Å²) in [5, 5.41) is -1.29. The van der Waals surface area contributed by atoms with Gasteiger partial charge in [0.2, 0.25) is 0 Å². The van der Waals surface area contributed by atoms with Crippen LogP contribution in [0.25, 0.3) is 0 Å². The molecule has 0 aromatic heterocycles. The third kappa shape index (κ3) is 3.44. The molecule has 0 heterocycles. The first-order chi connectivity index (χ1) is 13.8. The summed E-state index contributed by atoms with van der Waals surface area (Å²) in [6.07, 6.45) is 0. The second-order valence-corrected chi connectivity index (χ2v) is 9.05. The molecule has 6 nitrogen and oxygen atoms in total. The Labute approximate surface area is 170 Å². The minimum Gasteiger partial charge on any atom is -0.465 e. The van der Waals surface area contributed by atoms with Gasteiger partial charge in [0.15, 0.2) is 15.3 Å². The van der Waals surface area contributed by atoms with Crippen LogP contribution in [0.3, 0.4) is 0 Å². The Morgan fingerprint density at radius 3 is 1.90 bits per heavy atom. The van der Waals surface area contributed by atoms with E-state index in [0.29, 0.717) is 5.56 Å². The Hall–Kier alpha value is -2.67. The van der Waals surface area contributed by atoms with E-state index in [2.05, 4.69) is 0 Å². The quantitative estimate of drug-likeness (QED) is 0.509. The van der Waals surface area contributed by atoms with E-state index in [-0.39, 0.29) is 18.1 Å². The van der Waals surface area contributed by atoms with Gasteiger partial charge in [0.05, 0.1) is 18.1 Å². The van der Waals surface area contributed by atoms with Gasteiger partial charge in [-0.25, -0.2) is 8.42 Å². The molecule has 2 aromatic rings. The highest BCUT2D eigenvalue weighted by Crippen LogP contribution is 2.65. The van der Waals surface area contributed by atoms with Gasteiger partial charge in [0.1, 0.15) is 5.25 Å². The van der Waals surface area contributed by atoms with Crippen molar-refractivity contribution in [3.05, 3.63) is 65.7 Å². The molecule has 0 unspecified atom stereocenters. The number of hydrogen-bond acceptors (Lipinski definition) is 6. The number of ether oxygens (including phenoxy) is 2. The lowest BCUT2D eigenvalue weighted by molar-refractivity contribution is -0.164. The van der Waals surface area contributed by atoms with Crippen molar-refractivity contribution in [3.63, 3.8) is 0 Å². The monoisotopic (exact) mass is 416 g/mol. The number of aryl methyl sites for hydroxylation is 1. The minimum atomic E-state index is -4.02. The zero-order valence-corrected chi connectivity index (χ0v) is 17.4. The molecule has 0 N–H and O–H groups in total. The normalized spacial score (nSPS) is 20.0. The molecule has 2 aromatic carbocycles. The highest BCUT2D eigenvalue weighted by atomic mass is 32.2. The van der Waals surface area contributed by atoms with Crippen molar-refractivity contribution in [1.82, 2.24) is 0 Å². The van der Waals surface area contributed by atoms with Crippen molar-refractivity contribution in [2.24, 2.45) is 5.41 Å². The maximum Gasteiger partial charge on any atom is 0.325 e. The Kier molecular flexibility index (Phi) is 5.80. The average Bonchev–Trinajstić information content (AvgIpc) is 3.42. The fourth-order valence-electron chi connectivity index (χ4n) is 3.82. The molecule has 0 saturated heterocycles. The molecule has 0 aliphatic heterocycles. The highest BCUT2D eigenvalue weighted by molar-refractivity contribution is 7.92. The third-order valence-electron chi connectivity index (χ3n) is 5.20. The Morgan fingerprint density at radius 2 is 1.41 bits per heavy atom. The van der Waals surface area contributed by atoms with Gasteiger partial charge in [0.25, 0.3) is 0 Å². The predicted octanol–water partition coefficient (Wildman–Crippen LogP) is 3.05. The lowest BCUT2D eigenvalue weighted by Crippen LogP contribution is -2.35. The predicted molar refractivity (Wildman–Crippen MR) is 107 cm³/mol. The van der Waals surface area contributed by atoms with E-state index in [0.717, 1.165) is 5.56 Å². The van der Waals surface area contributed by atoms with Gasteiger partial charge < -0.3 is 9.47 Å². The third-order valence-corrected chi connectivity index (χ3v) is 7.44. The molecule has 7 heteroatoms. The average molecular weight is 416 g/mol. The lowest BCUT2D eigenvalue weighted by atomic mass is 9.99. The smallest absolute Gasteiger partial charge is 0.325 e. The second-order valence-electron chi connectivity index (χ2n) is 6.98. The molecule has 1 aliphatic rings. The molecule has 3 rings (SSSR count). The first kappa shape index (κ1) is 21.0. The van der Waals surface area contributed by atoms with Crippen LogP contribution < -0.4 is 0 Å². The summed E-state index contributed by atoms with van der Waals surface area (Å²) in [5.74, 6) is -2.62. The maximum absolute atomic E-state index is 13.5. The van der Waals surface area contributed by atoms with Crippen LogP contribution in [0.1, 0.15) is 30.9 Å². The summed E-state index contributed by atoms with van der Waals surface area (Å²) < 4.78 is 37.3. The van der Waals surface area contributed by atoms with Crippen LogP contribution in [0, 0.1) is 12.3 Å². The van der Waals surface area contributed by atoms with E-state index in [1.54, 1.807) is 56.3 Å². The molecular weight excluding hydrogens is 392 g/mol. The van der Waals surface area contributed by atoms with Crippen molar-refractivity contribution in [1.29, 1.82) is 0 Å². The molecule has 1 aliphatic carbocycles. The summed E-state index contributed by atoms with van der Waals surface area (Å²) in [4.78, 5) is 26.0. The topological polar surface area (TPSA) is 86.7 Å². The fraction of sp³-hybridized carbons (Fsp3) is 0.364. The number of carbonyl (C=O) groups is 2. The van der Waals surface area contributed by atoms with Gasteiger partial charge in [-0.1, -0.05) is 48.0 Å². The standard InChI is InChI=1S/C22H24O6S/c1-4-27-20(23)22(21(24)28-5-2)18(16-9-7-6-8-10-16)19(22)29(25,26)17-13-11-15(3)12-14-17/h6-14,18-19H,4-5H2,1-3H3/t18-,19-/m0/s1. The molecule has 0 bridgehead atoms. The summed E-state index contributed by atoms with van der Waals surface area (Å²) in [6, 6.07) is 15.0. The van der Waals surface area contributed by atoms with Gasteiger partial charge in [0, 0.05) is 5.92 Å². The second kappa shape index (κ2) is 7.99.